The van der Waals surface area contributed by atoms with E-state index in [1.54, 1.807) is 14.2 Å². The van der Waals surface area contributed by atoms with E-state index in [0.29, 0.717) is 17.3 Å². The van der Waals surface area contributed by atoms with Crippen molar-refractivity contribution in [2.24, 2.45) is 0 Å². The molecule has 1 rings (SSSR count). The first kappa shape index (κ1) is 18.0. The second-order valence-corrected chi connectivity index (χ2v) is 8.10. The SMILES string of the molecule is CCNC(CS(=O)C(C)(C)C)c1ccc(OC)c(OC)c1. The van der Waals surface area contributed by atoms with E-state index in [9.17, 15) is 4.21 Å². The Morgan fingerprint density at radius 3 is 2.29 bits per heavy atom. The maximum Gasteiger partial charge on any atom is 0.161 e. The van der Waals surface area contributed by atoms with Gasteiger partial charge in [0.05, 0.1) is 14.2 Å². The summed E-state index contributed by atoms with van der Waals surface area (Å²) in [5.41, 5.74) is 1.06. The summed E-state index contributed by atoms with van der Waals surface area (Å²) in [6.07, 6.45) is 0. The van der Waals surface area contributed by atoms with E-state index in [-0.39, 0.29) is 10.8 Å². The fourth-order valence-corrected chi connectivity index (χ4v) is 3.10. The molecule has 2 unspecified atom stereocenters. The molecule has 1 N–H and O–H groups in total. The molecule has 0 spiro atoms. The van der Waals surface area contributed by atoms with Gasteiger partial charge in [0.1, 0.15) is 0 Å². The summed E-state index contributed by atoms with van der Waals surface area (Å²) < 4.78 is 22.8. The third-order valence-electron chi connectivity index (χ3n) is 3.26. The van der Waals surface area contributed by atoms with Crippen LogP contribution < -0.4 is 14.8 Å². The lowest BCUT2D eigenvalue weighted by molar-refractivity contribution is 0.354. The molecule has 0 aromatic heterocycles. The first-order chi connectivity index (χ1) is 9.83. The fourth-order valence-electron chi connectivity index (χ4n) is 1.99. The second-order valence-electron chi connectivity index (χ2n) is 5.85. The van der Waals surface area contributed by atoms with Crippen LogP contribution in [0.1, 0.15) is 39.3 Å². The van der Waals surface area contributed by atoms with Crippen molar-refractivity contribution in [1.82, 2.24) is 5.32 Å². The average Bonchev–Trinajstić information content (AvgIpc) is 2.44. The number of hydrogen-bond donors (Lipinski definition) is 1. The molecule has 0 aliphatic rings. The van der Waals surface area contributed by atoms with Crippen LogP contribution in [-0.4, -0.2) is 35.5 Å². The Morgan fingerprint density at radius 1 is 1.19 bits per heavy atom. The van der Waals surface area contributed by atoms with E-state index in [1.807, 2.05) is 45.9 Å². The van der Waals surface area contributed by atoms with E-state index < -0.39 is 10.8 Å². The van der Waals surface area contributed by atoms with Gasteiger partial charge in [0.25, 0.3) is 0 Å². The number of hydrogen-bond acceptors (Lipinski definition) is 4. The van der Waals surface area contributed by atoms with Crippen molar-refractivity contribution in [3.05, 3.63) is 23.8 Å². The Hall–Kier alpha value is -1.07. The Kier molecular flexibility index (Phi) is 6.68. The fraction of sp³-hybridized carbons (Fsp3) is 0.625. The van der Waals surface area contributed by atoms with Gasteiger partial charge in [-0.3, -0.25) is 4.21 Å². The molecule has 0 radical (unpaired) electrons. The highest BCUT2D eigenvalue weighted by Gasteiger charge is 2.24. The number of nitrogens with one attached hydrogen (secondary N) is 1. The summed E-state index contributed by atoms with van der Waals surface area (Å²) in [7, 11) is 2.32. The van der Waals surface area contributed by atoms with Gasteiger partial charge in [-0.25, -0.2) is 0 Å². The zero-order valence-corrected chi connectivity index (χ0v) is 14.7. The van der Waals surface area contributed by atoms with Crippen molar-refractivity contribution in [2.75, 3.05) is 26.5 Å². The van der Waals surface area contributed by atoms with E-state index in [2.05, 4.69) is 5.32 Å². The molecule has 2 atom stereocenters. The largest absolute Gasteiger partial charge is 0.493 e. The number of benzene rings is 1. The van der Waals surface area contributed by atoms with Crippen LogP contribution in [-0.2, 0) is 10.8 Å². The monoisotopic (exact) mass is 313 g/mol. The standard InChI is InChI=1S/C16H27NO3S/c1-7-17-13(11-21(18)16(2,3)4)12-8-9-14(19-5)15(10-12)20-6/h8-10,13,17H,7,11H2,1-6H3. The lowest BCUT2D eigenvalue weighted by Gasteiger charge is -2.24. The normalized spacial score (nSPS) is 14.6. The molecule has 120 valence electrons. The summed E-state index contributed by atoms with van der Waals surface area (Å²) in [5.74, 6) is 1.97. The van der Waals surface area contributed by atoms with Crippen LogP contribution in [0.2, 0.25) is 0 Å². The summed E-state index contributed by atoms with van der Waals surface area (Å²) in [6.45, 7) is 8.87. The molecule has 0 aliphatic carbocycles. The van der Waals surface area contributed by atoms with E-state index in [4.69, 9.17) is 9.47 Å². The van der Waals surface area contributed by atoms with Crippen LogP contribution in [0.3, 0.4) is 0 Å². The molecule has 0 amide bonds. The maximum atomic E-state index is 12.4. The molecule has 1 aromatic rings. The third kappa shape index (κ3) is 5.00. The molecule has 0 fully saturated rings. The van der Waals surface area contributed by atoms with Crippen molar-refractivity contribution >= 4 is 10.8 Å². The van der Waals surface area contributed by atoms with Gasteiger partial charge in [-0.2, -0.15) is 0 Å². The van der Waals surface area contributed by atoms with E-state index in [0.717, 1.165) is 12.1 Å². The van der Waals surface area contributed by atoms with Gasteiger partial charge in [-0.15, -0.1) is 0 Å². The summed E-state index contributed by atoms with van der Waals surface area (Å²) in [5, 5.41) is 3.40. The molecular formula is C16H27NO3S. The first-order valence-corrected chi connectivity index (χ1v) is 8.49. The van der Waals surface area contributed by atoms with Crippen molar-refractivity contribution < 1.29 is 13.7 Å². The predicted octanol–water partition coefficient (Wildman–Crippen LogP) is 2.90. The van der Waals surface area contributed by atoms with Gasteiger partial charge in [-0.05, 0) is 45.0 Å². The Morgan fingerprint density at radius 2 is 1.81 bits per heavy atom. The molecule has 0 saturated heterocycles. The predicted molar refractivity (Wildman–Crippen MR) is 88.7 cm³/mol. The third-order valence-corrected chi connectivity index (χ3v) is 5.26. The molecule has 0 aliphatic heterocycles. The summed E-state index contributed by atoms with van der Waals surface area (Å²) in [6, 6.07) is 5.87. The van der Waals surface area contributed by atoms with E-state index >= 15 is 0 Å². The van der Waals surface area contributed by atoms with Crippen molar-refractivity contribution in [3.63, 3.8) is 0 Å². The molecule has 5 heteroatoms. The smallest absolute Gasteiger partial charge is 0.161 e. The summed E-state index contributed by atoms with van der Waals surface area (Å²) >= 11 is 0. The van der Waals surface area contributed by atoms with Gasteiger partial charge in [0.15, 0.2) is 11.5 Å². The van der Waals surface area contributed by atoms with Gasteiger partial charge in [0.2, 0.25) is 0 Å². The molecule has 4 nitrogen and oxygen atoms in total. The van der Waals surface area contributed by atoms with Gasteiger partial charge in [-0.1, -0.05) is 13.0 Å². The minimum Gasteiger partial charge on any atom is -0.493 e. The number of ether oxygens (including phenoxy) is 2. The highest BCUT2D eigenvalue weighted by Crippen LogP contribution is 2.30. The topological polar surface area (TPSA) is 47.6 Å². The van der Waals surface area contributed by atoms with E-state index in [1.165, 1.54) is 0 Å². The van der Waals surface area contributed by atoms with Crippen LogP contribution in [0.5, 0.6) is 11.5 Å². The highest BCUT2D eigenvalue weighted by atomic mass is 32.2. The molecular weight excluding hydrogens is 286 g/mol. The van der Waals surface area contributed by atoms with Crippen LogP contribution >= 0.6 is 0 Å². The van der Waals surface area contributed by atoms with Crippen LogP contribution in [0.15, 0.2) is 18.2 Å². The van der Waals surface area contributed by atoms with Gasteiger partial charge >= 0.3 is 0 Å². The van der Waals surface area contributed by atoms with Crippen LogP contribution in [0, 0.1) is 0 Å². The zero-order chi connectivity index (χ0) is 16.0. The van der Waals surface area contributed by atoms with Crippen LogP contribution in [0.4, 0.5) is 0 Å². The molecule has 0 saturated carbocycles. The first-order valence-electron chi connectivity index (χ1n) is 7.17. The Balaban J connectivity index is 3.03. The van der Waals surface area contributed by atoms with Crippen molar-refractivity contribution in [3.8, 4) is 11.5 Å². The molecule has 1 aromatic carbocycles. The minimum absolute atomic E-state index is 0.0369. The lowest BCUT2D eigenvalue weighted by Crippen LogP contribution is -2.32. The minimum atomic E-state index is -0.920. The maximum absolute atomic E-state index is 12.4. The lowest BCUT2D eigenvalue weighted by atomic mass is 10.1. The average molecular weight is 313 g/mol. The highest BCUT2D eigenvalue weighted by molar-refractivity contribution is 7.86. The van der Waals surface area contributed by atoms with Gasteiger partial charge in [0, 0.05) is 27.3 Å². The molecule has 21 heavy (non-hydrogen) atoms. The quantitative estimate of drug-likeness (QED) is 0.841. The van der Waals surface area contributed by atoms with Crippen molar-refractivity contribution in [2.45, 2.75) is 38.5 Å². The number of methoxy groups -OCH3 is 2. The molecule has 0 heterocycles. The van der Waals surface area contributed by atoms with Gasteiger partial charge < -0.3 is 14.8 Å². The van der Waals surface area contributed by atoms with Crippen molar-refractivity contribution in [1.29, 1.82) is 0 Å². The van der Waals surface area contributed by atoms with Crippen LogP contribution in [0.25, 0.3) is 0 Å². The number of rotatable bonds is 7. The Bertz CT molecular complexity index is 483. The molecule has 0 bridgehead atoms. The Labute approximate surface area is 130 Å². The zero-order valence-electron chi connectivity index (χ0n) is 13.9. The second kappa shape index (κ2) is 7.80. The summed E-state index contributed by atoms with van der Waals surface area (Å²) in [4.78, 5) is 0.